The molecule has 1 N–H and O–H groups in total. The van der Waals surface area contributed by atoms with Gasteiger partial charge in [0, 0.05) is 23.4 Å². The second-order valence-electron chi connectivity index (χ2n) is 5.92. The first-order valence-electron chi connectivity index (χ1n) is 7.98. The summed E-state index contributed by atoms with van der Waals surface area (Å²) >= 11 is 1.22. The van der Waals surface area contributed by atoms with Crippen molar-refractivity contribution in [1.82, 2.24) is 9.36 Å². The molecule has 7 heteroatoms. The summed E-state index contributed by atoms with van der Waals surface area (Å²) in [5, 5.41) is 3.92. The number of benzene rings is 2. The molecule has 2 heterocycles. The summed E-state index contributed by atoms with van der Waals surface area (Å²) in [7, 11) is 1.59. The topological polar surface area (TPSA) is 47.0 Å². The summed E-state index contributed by atoms with van der Waals surface area (Å²) in [6.07, 6.45) is 0. The van der Waals surface area contributed by atoms with Crippen molar-refractivity contribution in [1.29, 1.82) is 0 Å². The number of fused-ring (bicyclic) bond motifs is 2. The molecular weight excluding hydrogens is 356 g/mol. The average molecular weight is 371 g/mol. The highest BCUT2D eigenvalue weighted by Crippen LogP contribution is 2.31. The minimum atomic E-state index is -0.670. The highest BCUT2D eigenvalue weighted by molar-refractivity contribution is 7.13. The van der Waals surface area contributed by atoms with E-state index >= 15 is 0 Å². The second-order valence-corrected chi connectivity index (χ2v) is 6.68. The number of hydrogen-bond donors (Lipinski definition) is 1. The second kappa shape index (κ2) is 6.49. The predicted molar refractivity (Wildman–Crippen MR) is 99.9 cm³/mol. The maximum absolute atomic E-state index is 14.9. The van der Waals surface area contributed by atoms with Gasteiger partial charge in [0.05, 0.1) is 18.3 Å². The van der Waals surface area contributed by atoms with E-state index in [0.29, 0.717) is 4.83 Å². The highest BCUT2D eigenvalue weighted by atomic mass is 32.1. The molecule has 0 saturated carbocycles. The molecular formula is C19H15F2N3OS. The van der Waals surface area contributed by atoms with Gasteiger partial charge in [0.25, 0.3) is 0 Å². The van der Waals surface area contributed by atoms with Crippen LogP contribution in [0.2, 0.25) is 0 Å². The summed E-state index contributed by atoms with van der Waals surface area (Å²) in [5.74, 6) is -0.586. The first-order chi connectivity index (χ1) is 12.6. The Morgan fingerprint density at radius 2 is 1.88 bits per heavy atom. The van der Waals surface area contributed by atoms with Crippen LogP contribution >= 0.6 is 11.5 Å². The number of rotatable bonds is 4. The van der Waals surface area contributed by atoms with Crippen molar-refractivity contribution in [3.63, 3.8) is 0 Å². The minimum Gasteiger partial charge on any atom is -0.497 e. The quantitative estimate of drug-likeness (QED) is 0.545. The fourth-order valence-electron chi connectivity index (χ4n) is 2.81. The molecule has 0 fully saturated rings. The van der Waals surface area contributed by atoms with E-state index in [-0.39, 0.29) is 23.1 Å². The van der Waals surface area contributed by atoms with Crippen LogP contribution in [0.5, 0.6) is 5.75 Å². The van der Waals surface area contributed by atoms with Crippen molar-refractivity contribution >= 4 is 38.3 Å². The van der Waals surface area contributed by atoms with Crippen molar-refractivity contribution < 1.29 is 13.5 Å². The molecule has 26 heavy (non-hydrogen) atoms. The fourth-order valence-corrected chi connectivity index (χ4v) is 3.58. The molecule has 4 aromatic rings. The molecule has 0 radical (unpaired) electrons. The average Bonchev–Trinajstić information content (AvgIpc) is 3.01. The van der Waals surface area contributed by atoms with Crippen LogP contribution in [0.4, 0.5) is 14.5 Å². The van der Waals surface area contributed by atoms with E-state index in [1.807, 2.05) is 19.1 Å². The number of aromatic nitrogens is 2. The number of methoxy groups -OCH3 is 1. The van der Waals surface area contributed by atoms with Gasteiger partial charge in [-0.2, -0.15) is 4.37 Å². The molecule has 2 aromatic carbocycles. The number of nitrogens with one attached hydrogen (secondary N) is 1. The zero-order valence-corrected chi connectivity index (χ0v) is 15.0. The number of pyridine rings is 1. The van der Waals surface area contributed by atoms with Crippen molar-refractivity contribution in [2.45, 2.75) is 13.5 Å². The predicted octanol–water partition coefficient (Wildman–Crippen LogP) is 5.05. The Morgan fingerprint density at radius 1 is 1.12 bits per heavy atom. The van der Waals surface area contributed by atoms with Crippen molar-refractivity contribution in [2.75, 3.05) is 12.4 Å². The molecule has 4 nitrogen and oxygen atoms in total. The van der Waals surface area contributed by atoms with Crippen molar-refractivity contribution in [2.24, 2.45) is 0 Å². The zero-order valence-electron chi connectivity index (χ0n) is 14.1. The largest absolute Gasteiger partial charge is 0.497 e. The maximum Gasteiger partial charge on any atom is 0.158 e. The Balaban J connectivity index is 1.71. The van der Waals surface area contributed by atoms with Gasteiger partial charge >= 0.3 is 0 Å². The molecule has 2 aromatic heterocycles. The third-order valence-corrected chi connectivity index (χ3v) is 5.11. The number of halogens is 2. The van der Waals surface area contributed by atoms with E-state index in [9.17, 15) is 8.78 Å². The molecule has 0 amide bonds. The van der Waals surface area contributed by atoms with Gasteiger partial charge in [0.15, 0.2) is 11.6 Å². The third-order valence-electron chi connectivity index (χ3n) is 4.26. The number of aryl methyl sites for hydroxylation is 1. The zero-order chi connectivity index (χ0) is 18.3. The van der Waals surface area contributed by atoms with Crippen LogP contribution in [0.15, 0.2) is 36.4 Å². The smallest absolute Gasteiger partial charge is 0.158 e. The highest BCUT2D eigenvalue weighted by Gasteiger charge is 2.16. The summed E-state index contributed by atoms with van der Waals surface area (Å²) in [4.78, 5) is 5.01. The first kappa shape index (κ1) is 16.7. The molecule has 0 aliphatic heterocycles. The van der Waals surface area contributed by atoms with Crippen LogP contribution in [-0.2, 0) is 6.54 Å². The summed E-state index contributed by atoms with van der Waals surface area (Å²) in [6.45, 7) is 2.13. The molecule has 0 aliphatic rings. The van der Waals surface area contributed by atoms with Gasteiger partial charge < -0.3 is 10.1 Å². The van der Waals surface area contributed by atoms with Gasteiger partial charge in [-0.15, -0.1) is 0 Å². The van der Waals surface area contributed by atoms with E-state index in [0.717, 1.165) is 22.4 Å². The lowest BCUT2D eigenvalue weighted by Crippen LogP contribution is -2.05. The van der Waals surface area contributed by atoms with Gasteiger partial charge in [-0.05, 0) is 42.2 Å². The van der Waals surface area contributed by atoms with Crippen molar-refractivity contribution in [3.8, 4) is 5.75 Å². The molecule has 0 aliphatic carbocycles. The monoisotopic (exact) mass is 371 g/mol. The normalized spacial score (nSPS) is 11.2. The molecule has 0 saturated heterocycles. The Morgan fingerprint density at radius 3 is 2.62 bits per heavy atom. The van der Waals surface area contributed by atoms with E-state index in [4.69, 9.17) is 4.74 Å². The Kier molecular flexibility index (Phi) is 4.16. The fraction of sp³-hybridized carbons (Fsp3) is 0.158. The van der Waals surface area contributed by atoms with Gasteiger partial charge in [0.2, 0.25) is 0 Å². The lowest BCUT2D eigenvalue weighted by Gasteiger charge is -2.11. The van der Waals surface area contributed by atoms with E-state index in [1.165, 1.54) is 17.6 Å². The van der Waals surface area contributed by atoms with E-state index in [2.05, 4.69) is 14.7 Å². The van der Waals surface area contributed by atoms with E-state index in [1.54, 1.807) is 25.3 Å². The standard InChI is InChI=1S/C19H15F2N3OS/c1-10-13-7-14-16(23-19(13)26-24-10)8-15(20)18(17(14)21)22-9-11-3-5-12(25-2)6-4-11/h3-8,22H,9H2,1-2H3. The molecule has 0 atom stereocenters. The van der Waals surface area contributed by atoms with Crippen LogP contribution in [-0.4, -0.2) is 16.5 Å². The lowest BCUT2D eigenvalue weighted by atomic mass is 10.1. The van der Waals surface area contributed by atoms with Gasteiger partial charge in [-0.1, -0.05) is 12.1 Å². The summed E-state index contributed by atoms with van der Waals surface area (Å²) in [5.41, 5.74) is 1.80. The van der Waals surface area contributed by atoms with Gasteiger partial charge in [-0.3, -0.25) is 0 Å². The minimum absolute atomic E-state index is 0.157. The number of ether oxygens (including phenoxy) is 1. The van der Waals surface area contributed by atoms with Gasteiger partial charge in [0.1, 0.15) is 16.3 Å². The van der Waals surface area contributed by atoms with Crippen LogP contribution < -0.4 is 10.1 Å². The molecule has 0 spiro atoms. The number of hydrogen-bond acceptors (Lipinski definition) is 5. The Bertz CT molecular complexity index is 1110. The molecule has 0 bridgehead atoms. The SMILES string of the molecule is COc1ccc(CNc2c(F)cc3nc4snc(C)c4cc3c2F)cc1. The lowest BCUT2D eigenvalue weighted by molar-refractivity contribution is 0.414. The molecule has 132 valence electrons. The van der Waals surface area contributed by atoms with Crippen LogP contribution in [0.25, 0.3) is 21.1 Å². The Hall–Kier alpha value is -2.80. The van der Waals surface area contributed by atoms with E-state index < -0.39 is 11.6 Å². The summed E-state index contributed by atoms with van der Waals surface area (Å²) < 4.78 is 38.7. The van der Waals surface area contributed by atoms with Crippen LogP contribution in [0.1, 0.15) is 11.3 Å². The Labute approximate surface area is 152 Å². The molecule has 4 rings (SSSR count). The van der Waals surface area contributed by atoms with Crippen LogP contribution in [0.3, 0.4) is 0 Å². The maximum atomic E-state index is 14.9. The number of nitrogens with zero attached hydrogens (tertiary/aromatic N) is 2. The number of anilines is 1. The van der Waals surface area contributed by atoms with Crippen molar-refractivity contribution in [3.05, 3.63) is 59.3 Å². The first-order valence-corrected chi connectivity index (χ1v) is 8.75. The molecule has 0 unspecified atom stereocenters. The third kappa shape index (κ3) is 2.84. The van der Waals surface area contributed by atoms with Gasteiger partial charge in [-0.25, -0.2) is 13.8 Å². The van der Waals surface area contributed by atoms with Crippen LogP contribution in [0, 0.1) is 18.6 Å². The summed E-state index contributed by atoms with van der Waals surface area (Å²) in [6, 6.07) is 10.2.